The van der Waals surface area contributed by atoms with Crippen molar-refractivity contribution in [1.29, 1.82) is 0 Å². The van der Waals surface area contributed by atoms with Gasteiger partial charge in [-0.1, -0.05) is 182 Å². The number of hydrogen-bond acceptors (Lipinski definition) is 0. The van der Waals surface area contributed by atoms with E-state index in [9.17, 15) is 0 Å². The van der Waals surface area contributed by atoms with Gasteiger partial charge in [0, 0.05) is 0 Å². The second-order valence-corrected chi connectivity index (χ2v) is 15.2. The van der Waals surface area contributed by atoms with Crippen molar-refractivity contribution >= 4 is 75.4 Å². The monoisotopic (exact) mass is 706 g/mol. The van der Waals surface area contributed by atoms with E-state index < -0.39 is 0 Å². The van der Waals surface area contributed by atoms with E-state index in [0.717, 1.165) is 0 Å². The summed E-state index contributed by atoms with van der Waals surface area (Å²) in [6.45, 7) is 0. The largest absolute Gasteiger partial charge is 0.0616 e. The molecule has 0 aliphatic heterocycles. The van der Waals surface area contributed by atoms with Crippen molar-refractivity contribution in [2.24, 2.45) is 0 Å². The third-order valence-electron chi connectivity index (χ3n) is 12.2. The van der Waals surface area contributed by atoms with Gasteiger partial charge in [-0.2, -0.15) is 0 Å². The average molecular weight is 707 g/mol. The molecule has 0 bridgehead atoms. The first-order valence-corrected chi connectivity index (χ1v) is 19.5. The van der Waals surface area contributed by atoms with E-state index in [-0.39, 0.29) is 0 Å². The Morgan fingerprint density at radius 3 is 0.982 bits per heavy atom. The van der Waals surface area contributed by atoms with Gasteiger partial charge in [0.15, 0.2) is 0 Å². The van der Waals surface area contributed by atoms with E-state index in [2.05, 4.69) is 206 Å². The molecule has 12 aromatic carbocycles. The lowest BCUT2D eigenvalue weighted by atomic mass is 9.81. The summed E-state index contributed by atoms with van der Waals surface area (Å²) in [5, 5.41) is 17.8. The van der Waals surface area contributed by atoms with Crippen LogP contribution in [0.1, 0.15) is 0 Å². The topological polar surface area (TPSA) is 0 Å². The summed E-state index contributed by atoms with van der Waals surface area (Å²) < 4.78 is 0. The number of fused-ring (bicyclic) bond motifs is 4. The molecule has 0 heterocycles. The van der Waals surface area contributed by atoms with Crippen molar-refractivity contribution in [2.45, 2.75) is 0 Å². The Bertz CT molecular complexity index is 3280. The summed E-state index contributed by atoms with van der Waals surface area (Å²) in [5.41, 5.74) is 10.00. The van der Waals surface area contributed by atoms with Crippen LogP contribution in [0, 0.1) is 0 Å². The Kier molecular flexibility index (Phi) is 6.73. The molecule has 0 spiro atoms. The molecule has 0 aliphatic carbocycles. The van der Waals surface area contributed by atoms with Crippen molar-refractivity contribution < 1.29 is 0 Å². The normalized spacial score (nSPS) is 11.9. The fraction of sp³-hybridized carbons (Fsp3) is 0. The van der Waals surface area contributed by atoms with Crippen LogP contribution in [-0.2, 0) is 0 Å². The molecular formula is C56H34. The van der Waals surface area contributed by atoms with Crippen molar-refractivity contribution in [2.75, 3.05) is 0 Å². The molecule has 0 N–H and O–H groups in total. The van der Waals surface area contributed by atoms with Crippen molar-refractivity contribution in [3.63, 3.8) is 0 Å². The molecule has 0 aliphatic rings. The summed E-state index contributed by atoms with van der Waals surface area (Å²) in [6, 6.07) is 76.9. The summed E-state index contributed by atoms with van der Waals surface area (Å²) in [5.74, 6) is 0. The number of hydrogen-bond donors (Lipinski definition) is 0. The number of benzene rings is 12. The molecule has 258 valence electrons. The molecule has 0 amide bonds. The Labute approximate surface area is 324 Å². The molecule has 0 nitrogen and oxygen atoms in total. The smallest absolute Gasteiger partial charge is 0.00139 e. The minimum absolute atomic E-state index is 1.23. The zero-order chi connectivity index (χ0) is 36.7. The highest BCUT2D eigenvalue weighted by Crippen LogP contribution is 2.50. The van der Waals surface area contributed by atoms with Crippen LogP contribution in [0.25, 0.3) is 120 Å². The molecule has 0 saturated carbocycles. The number of rotatable bonds is 4. The van der Waals surface area contributed by atoms with Crippen LogP contribution in [0.4, 0.5) is 0 Å². The Hall–Kier alpha value is -7.28. The highest BCUT2D eigenvalue weighted by atomic mass is 14.2. The zero-order valence-corrected chi connectivity index (χ0v) is 30.6. The van der Waals surface area contributed by atoms with Gasteiger partial charge in [-0.3, -0.25) is 0 Å². The quantitative estimate of drug-likeness (QED) is 0.160. The van der Waals surface area contributed by atoms with Gasteiger partial charge in [0.25, 0.3) is 0 Å². The van der Waals surface area contributed by atoms with E-state index in [0.29, 0.717) is 0 Å². The zero-order valence-electron chi connectivity index (χ0n) is 30.6. The summed E-state index contributed by atoms with van der Waals surface area (Å²) in [6.07, 6.45) is 0. The molecule has 0 radical (unpaired) electrons. The predicted molar refractivity (Wildman–Crippen MR) is 242 cm³/mol. The molecule has 12 rings (SSSR count). The van der Waals surface area contributed by atoms with Crippen LogP contribution in [0.2, 0.25) is 0 Å². The van der Waals surface area contributed by atoms with E-state index in [1.165, 1.54) is 120 Å². The molecule has 56 heavy (non-hydrogen) atoms. The SMILES string of the molecule is c1ccc2cc(-c3cc(-c4cccc5ccccc45)c4ccc5c(-c6ccc7ccccc7c6)cc(-c6cccc7ccccc67)c6ccc3c4c56)ccc2c1. The molecule has 0 atom stereocenters. The lowest BCUT2D eigenvalue weighted by Gasteiger charge is -2.22. The van der Waals surface area contributed by atoms with Crippen LogP contribution in [0.15, 0.2) is 206 Å². The van der Waals surface area contributed by atoms with Crippen molar-refractivity contribution in [3.8, 4) is 44.5 Å². The maximum atomic E-state index is 2.46. The second kappa shape index (κ2) is 12.1. The van der Waals surface area contributed by atoms with Gasteiger partial charge in [0.05, 0.1) is 0 Å². The Morgan fingerprint density at radius 1 is 0.179 bits per heavy atom. The van der Waals surface area contributed by atoms with Crippen molar-refractivity contribution in [1.82, 2.24) is 0 Å². The Morgan fingerprint density at radius 2 is 0.536 bits per heavy atom. The van der Waals surface area contributed by atoms with Gasteiger partial charge in [-0.05, 0) is 144 Å². The van der Waals surface area contributed by atoms with Gasteiger partial charge in [-0.15, -0.1) is 0 Å². The first kappa shape index (κ1) is 31.1. The van der Waals surface area contributed by atoms with Gasteiger partial charge in [0.2, 0.25) is 0 Å². The maximum absolute atomic E-state index is 2.46. The van der Waals surface area contributed by atoms with Gasteiger partial charge in [0.1, 0.15) is 0 Å². The lowest BCUT2D eigenvalue weighted by Crippen LogP contribution is -1.95. The van der Waals surface area contributed by atoms with Crippen LogP contribution in [0.3, 0.4) is 0 Å². The van der Waals surface area contributed by atoms with Crippen molar-refractivity contribution in [3.05, 3.63) is 206 Å². The van der Waals surface area contributed by atoms with E-state index in [1.807, 2.05) is 0 Å². The molecule has 0 unspecified atom stereocenters. The molecule has 0 aromatic heterocycles. The predicted octanol–water partition coefficient (Wildman–Crippen LogP) is 15.9. The molecule has 0 fully saturated rings. The third kappa shape index (κ3) is 4.66. The van der Waals surface area contributed by atoms with E-state index in [1.54, 1.807) is 0 Å². The maximum Gasteiger partial charge on any atom is -0.00139 e. The van der Waals surface area contributed by atoms with Crippen LogP contribution < -0.4 is 0 Å². The summed E-state index contributed by atoms with van der Waals surface area (Å²) >= 11 is 0. The molecule has 0 saturated heterocycles. The summed E-state index contributed by atoms with van der Waals surface area (Å²) in [4.78, 5) is 0. The highest BCUT2D eigenvalue weighted by molar-refractivity contribution is 6.33. The molecule has 0 heteroatoms. The van der Waals surface area contributed by atoms with Gasteiger partial charge in [-0.25, -0.2) is 0 Å². The first-order valence-electron chi connectivity index (χ1n) is 19.5. The minimum atomic E-state index is 1.23. The lowest BCUT2D eigenvalue weighted by molar-refractivity contribution is 1.65. The standard InChI is InChI=1S/C56H34/c1-3-15-39-31-41(25-23-35(39)11-1)51-33-53(45-21-9-17-37-13-5-7-19-43(37)45)49-30-28-48-52(42-26-24-36-12-2-4-16-40(36)32-42)34-54(50-29-27-47(51)55(49)56(48)50)46-22-10-18-38-14-6-8-20-44(38)46/h1-34H. The third-order valence-corrected chi connectivity index (χ3v) is 12.2. The van der Waals surface area contributed by atoms with E-state index >= 15 is 0 Å². The van der Waals surface area contributed by atoms with Gasteiger partial charge >= 0.3 is 0 Å². The highest BCUT2D eigenvalue weighted by Gasteiger charge is 2.22. The fourth-order valence-electron chi connectivity index (χ4n) is 9.55. The fourth-order valence-corrected chi connectivity index (χ4v) is 9.55. The summed E-state index contributed by atoms with van der Waals surface area (Å²) in [7, 11) is 0. The van der Waals surface area contributed by atoms with Crippen LogP contribution >= 0.6 is 0 Å². The minimum Gasteiger partial charge on any atom is -0.0616 e. The average Bonchev–Trinajstić information content (AvgIpc) is 3.27. The second-order valence-electron chi connectivity index (χ2n) is 15.2. The Balaban J connectivity index is 1.27. The van der Waals surface area contributed by atoms with E-state index in [4.69, 9.17) is 0 Å². The van der Waals surface area contributed by atoms with Crippen LogP contribution in [0.5, 0.6) is 0 Å². The van der Waals surface area contributed by atoms with Crippen LogP contribution in [-0.4, -0.2) is 0 Å². The molecule has 12 aromatic rings. The first-order chi connectivity index (χ1) is 27.8. The molecular weight excluding hydrogens is 673 g/mol. The van der Waals surface area contributed by atoms with Gasteiger partial charge < -0.3 is 0 Å².